The predicted molar refractivity (Wildman–Crippen MR) is 76.4 cm³/mol. The van der Waals surface area contributed by atoms with Crippen molar-refractivity contribution in [1.82, 2.24) is 10.2 Å². The van der Waals surface area contributed by atoms with Gasteiger partial charge in [0.1, 0.15) is 5.82 Å². The minimum atomic E-state index is -0.400. The summed E-state index contributed by atoms with van der Waals surface area (Å²) in [4.78, 5) is 2.20. The number of nitrogens with zero attached hydrogens (tertiary/aromatic N) is 1. The number of benzene rings is 1. The lowest BCUT2D eigenvalue weighted by molar-refractivity contribution is 0.157. The molecule has 0 bridgehead atoms. The molecule has 108 valence electrons. The van der Waals surface area contributed by atoms with Crippen LogP contribution < -0.4 is 5.32 Å². The Morgan fingerprint density at radius 1 is 1.32 bits per heavy atom. The normalized spacial score (nSPS) is 17.8. The monoisotopic (exact) mass is 310 g/mol. The number of alkyl halides is 1. The van der Waals surface area contributed by atoms with Crippen molar-refractivity contribution in [2.45, 2.75) is 12.5 Å². The molecule has 0 amide bonds. The Bertz CT molecular complexity index is 398. The van der Waals surface area contributed by atoms with Crippen LogP contribution in [0.2, 0.25) is 5.02 Å². The van der Waals surface area contributed by atoms with E-state index in [9.17, 15) is 8.78 Å². The Balaban J connectivity index is 0.00000180. The molecule has 2 nitrogen and oxygen atoms in total. The second-order valence-corrected chi connectivity index (χ2v) is 4.85. The topological polar surface area (TPSA) is 15.3 Å². The molecule has 1 N–H and O–H groups in total. The van der Waals surface area contributed by atoms with E-state index in [-0.39, 0.29) is 24.3 Å². The predicted octanol–water partition coefficient (Wildman–Crippen LogP) is 3.21. The van der Waals surface area contributed by atoms with Crippen LogP contribution in [0.5, 0.6) is 0 Å². The molecule has 6 heteroatoms. The molecule has 0 radical (unpaired) electrons. The Morgan fingerprint density at radius 3 is 2.58 bits per heavy atom. The molecule has 1 aliphatic rings. The Labute approximate surface area is 123 Å². The molecule has 19 heavy (non-hydrogen) atoms. The second-order valence-electron chi connectivity index (χ2n) is 4.45. The molecular formula is C13H18Cl2F2N2. The summed E-state index contributed by atoms with van der Waals surface area (Å²) in [5, 5.41) is 3.64. The van der Waals surface area contributed by atoms with Crippen molar-refractivity contribution in [3.05, 3.63) is 34.6 Å². The molecule has 0 aliphatic carbocycles. The first kappa shape index (κ1) is 16.6. The number of hydrogen-bond donors (Lipinski definition) is 1. The van der Waals surface area contributed by atoms with Crippen LogP contribution in [0, 0.1) is 5.82 Å². The van der Waals surface area contributed by atoms with Gasteiger partial charge in [-0.15, -0.1) is 12.4 Å². The Morgan fingerprint density at radius 2 is 2.00 bits per heavy atom. The largest absolute Gasteiger partial charge is 0.314 e. The van der Waals surface area contributed by atoms with Crippen molar-refractivity contribution in [1.29, 1.82) is 0 Å². The van der Waals surface area contributed by atoms with Gasteiger partial charge >= 0.3 is 0 Å². The van der Waals surface area contributed by atoms with Crippen LogP contribution in [-0.4, -0.2) is 37.8 Å². The zero-order valence-electron chi connectivity index (χ0n) is 10.5. The highest BCUT2D eigenvalue weighted by molar-refractivity contribution is 6.31. The van der Waals surface area contributed by atoms with Gasteiger partial charge in [-0.1, -0.05) is 17.7 Å². The quantitative estimate of drug-likeness (QED) is 0.918. The number of rotatable bonds is 4. The highest BCUT2D eigenvalue weighted by Crippen LogP contribution is 2.31. The van der Waals surface area contributed by atoms with Gasteiger partial charge in [0.25, 0.3) is 0 Å². The molecule has 0 unspecified atom stereocenters. The Hall–Kier alpha value is -0.420. The summed E-state index contributed by atoms with van der Waals surface area (Å²) in [6, 6.07) is 4.28. The average molecular weight is 311 g/mol. The molecule has 1 aromatic carbocycles. The van der Waals surface area contributed by atoms with E-state index < -0.39 is 6.67 Å². The summed E-state index contributed by atoms with van der Waals surface area (Å²) < 4.78 is 25.8. The minimum Gasteiger partial charge on any atom is -0.314 e. The molecule has 0 aromatic heterocycles. The molecule has 2 rings (SSSR count). The molecule has 1 heterocycles. The summed E-state index contributed by atoms with van der Waals surface area (Å²) in [6.45, 7) is 3.10. The average Bonchev–Trinajstić information content (AvgIpc) is 2.38. The summed E-state index contributed by atoms with van der Waals surface area (Å²) in [7, 11) is 0. The Kier molecular flexibility index (Phi) is 7.00. The van der Waals surface area contributed by atoms with Crippen molar-refractivity contribution in [3.8, 4) is 0 Å². The highest BCUT2D eigenvalue weighted by Gasteiger charge is 2.23. The highest BCUT2D eigenvalue weighted by atomic mass is 35.5. The third-order valence-corrected chi connectivity index (χ3v) is 3.62. The lowest BCUT2D eigenvalue weighted by Crippen LogP contribution is -2.45. The van der Waals surface area contributed by atoms with Crippen molar-refractivity contribution in [3.63, 3.8) is 0 Å². The van der Waals surface area contributed by atoms with Gasteiger partial charge in [-0.3, -0.25) is 9.29 Å². The molecule has 1 fully saturated rings. The van der Waals surface area contributed by atoms with Crippen molar-refractivity contribution >= 4 is 24.0 Å². The van der Waals surface area contributed by atoms with Crippen LogP contribution in [-0.2, 0) is 0 Å². The van der Waals surface area contributed by atoms with Gasteiger partial charge in [0.15, 0.2) is 0 Å². The fraction of sp³-hybridized carbons (Fsp3) is 0.538. The van der Waals surface area contributed by atoms with Crippen LogP contribution >= 0.6 is 24.0 Å². The molecule has 0 saturated carbocycles. The number of nitrogens with one attached hydrogen (secondary N) is 1. The summed E-state index contributed by atoms with van der Waals surface area (Å²) in [6.07, 6.45) is 0.394. The number of halogens is 4. The summed E-state index contributed by atoms with van der Waals surface area (Å²) in [5.41, 5.74) is 0.817. The SMILES string of the molecule is Cl.FCC[C@@H](c1ccc(F)cc1Cl)N1CCNCC1. The molecular weight excluding hydrogens is 293 g/mol. The van der Waals surface area contributed by atoms with Gasteiger partial charge in [0.2, 0.25) is 0 Å². The van der Waals surface area contributed by atoms with Crippen LogP contribution in [0.25, 0.3) is 0 Å². The van der Waals surface area contributed by atoms with E-state index in [0.29, 0.717) is 11.4 Å². The fourth-order valence-corrected chi connectivity index (χ4v) is 2.70. The van der Waals surface area contributed by atoms with E-state index in [2.05, 4.69) is 10.2 Å². The first-order valence-corrected chi connectivity index (χ1v) is 6.56. The fourth-order valence-electron chi connectivity index (χ4n) is 2.40. The van der Waals surface area contributed by atoms with Gasteiger partial charge in [0.05, 0.1) is 6.67 Å². The van der Waals surface area contributed by atoms with E-state index in [1.807, 2.05) is 0 Å². The number of piperazine rings is 1. The standard InChI is InChI=1S/C13H17ClF2N2.ClH/c14-12-9-10(16)1-2-11(12)13(3-4-15)18-7-5-17-6-8-18;/h1-2,9,13,17H,3-8H2;1H/t13-;/m0./s1. The molecule has 1 saturated heterocycles. The van der Waals surface area contributed by atoms with Gasteiger partial charge in [-0.25, -0.2) is 4.39 Å². The molecule has 1 atom stereocenters. The van der Waals surface area contributed by atoms with Crippen LogP contribution in [0.4, 0.5) is 8.78 Å². The maximum Gasteiger partial charge on any atom is 0.124 e. The maximum atomic E-state index is 13.1. The first-order chi connectivity index (χ1) is 8.72. The molecule has 0 spiro atoms. The van der Waals surface area contributed by atoms with E-state index in [1.54, 1.807) is 6.07 Å². The van der Waals surface area contributed by atoms with E-state index in [1.165, 1.54) is 12.1 Å². The van der Waals surface area contributed by atoms with Gasteiger partial charge in [-0.2, -0.15) is 0 Å². The van der Waals surface area contributed by atoms with Gasteiger partial charge in [0, 0.05) is 37.2 Å². The van der Waals surface area contributed by atoms with Gasteiger partial charge < -0.3 is 5.32 Å². The number of hydrogen-bond acceptors (Lipinski definition) is 2. The van der Waals surface area contributed by atoms with Crippen LogP contribution in [0.3, 0.4) is 0 Å². The maximum absolute atomic E-state index is 13.1. The first-order valence-electron chi connectivity index (χ1n) is 6.18. The lowest BCUT2D eigenvalue weighted by atomic mass is 10.0. The van der Waals surface area contributed by atoms with E-state index in [0.717, 1.165) is 31.7 Å². The van der Waals surface area contributed by atoms with Crippen molar-refractivity contribution in [2.75, 3.05) is 32.9 Å². The third kappa shape index (κ3) is 4.28. The second kappa shape index (κ2) is 8.00. The smallest absolute Gasteiger partial charge is 0.124 e. The minimum absolute atomic E-state index is 0. The summed E-state index contributed by atoms with van der Waals surface area (Å²) in [5.74, 6) is -0.358. The third-order valence-electron chi connectivity index (χ3n) is 3.30. The zero-order chi connectivity index (χ0) is 13.0. The van der Waals surface area contributed by atoms with E-state index in [4.69, 9.17) is 11.6 Å². The van der Waals surface area contributed by atoms with Crippen molar-refractivity contribution in [2.24, 2.45) is 0 Å². The van der Waals surface area contributed by atoms with Gasteiger partial charge in [-0.05, 0) is 24.1 Å². The van der Waals surface area contributed by atoms with Crippen LogP contribution in [0.1, 0.15) is 18.0 Å². The lowest BCUT2D eigenvalue weighted by Gasteiger charge is -2.35. The molecule has 1 aromatic rings. The van der Waals surface area contributed by atoms with Crippen molar-refractivity contribution < 1.29 is 8.78 Å². The van der Waals surface area contributed by atoms with E-state index >= 15 is 0 Å². The van der Waals surface area contributed by atoms with Crippen LogP contribution in [0.15, 0.2) is 18.2 Å². The zero-order valence-corrected chi connectivity index (χ0v) is 12.1. The summed E-state index contributed by atoms with van der Waals surface area (Å²) >= 11 is 6.07. The molecule has 1 aliphatic heterocycles.